The predicted molar refractivity (Wildman–Crippen MR) is 95.5 cm³/mol. The van der Waals surface area contributed by atoms with Gasteiger partial charge in [-0.25, -0.2) is 0 Å². The molecule has 3 aromatic carbocycles. The Morgan fingerprint density at radius 2 is 1.54 bits per heavy atom. The van der Waals surface area contributed by atoms with E-state index < -0.39 is 0 Å². The van der Waals surface area contributed by atoms with Crippen molar-refractivity contribution in [3.05, 3.63) is 42.0 Å². The molecule has 0 radical (unpaired) electrons. The maximum absolute atomic E-state index is 10.8. The van der Waals surface area contributed by atoms with Crippen molar-refractivity contribution >= 4 is 27.8 Å². The summed E-state index contributed by atoms with van der Waals surface area (Å²) in [6.07, 6.45) is 2.13. The number of methoxy groups -OCH3 is 3. The topological polar surface area (TPSA) is 44.8 Å². The summed E-state index contributed by atoms with van der Waals surface area (Å²) in [6.45, 7) is 0. The van der Waals surface area contributed by atoms with E-state index in [1.54, 1.807) is 21.3 Å². The molecule has 0 saturated carbocycles. The van der Waals surface area contributed by atoms with Gasteiger partial charge in [-0.15, -0.1) is 0 Å². The van der Waals surface area contributed by atoms with Crippen LogP contribution in [-0.2, 0) is 11.2 Å². The van der Waals surface area contributed by atoms with Crippen molar-refractivity contribution in [2.24, 2.45) is 0 Å². The first-order valence-electron chi connectivity index (χ1n) is 7.80. The lowest BCUT2D eigenvalue weighted by molar-refractivity contribution is -0.107. The van der Waals surface area contributed by atoms with E-state index in [0.29, 0.717) is 24.3 Å². The van der Waals surface area contributed by atoms with E-state index >= 15 is 0 Å². The van der Waals surface area contributed by atoms with Gasteiger partial charge in [-0.2, -0.15) is 0 Å². The van der Waals surface area contributed by atoms with Crippen molar-refractivity contribution in [1.82, 2.24) is 0 Å². The molecule has 0 aliphatic carbocycles. The Morgan fingerprint density at radius 1 is 0.833 bits per heavy atom. The van der Waals surface area contributed by atoms with Crippen molar-refractivity contribution < 1.29 is 19.0 Å². The van der Waals surface area contributed by atoms with Gasteiger partial charge in [0.25, 0.3) is 0 Å². The van der Waals surface area contributed by atoms with Gasteiger partial charge in [-0.3, -0.25) is 0 Å². The fourth-order valence-electron chi connectivity index (χ4n) is 3.08. The van der Waals surface area contributed by atoms with Gasteiger partial charge >= 0.3 is 0 Å². The smallest absolute Gasteiger partial charge is 0.161 e. The van der Waals surface area contributed by atoms with Gasteiger partial charge in [0.1, 0.15) is 12.0 Å². The highest BCUT2D eigenvalue weighted by Gasteiger charge is 2.13. The molecule has 4 nitrogen and oxygen atoms in total. The Balaban J connectivity index is 2.38. The van der Waals surface area contributed by atoms with E-state index in [9.17, 15) is 4.79 Å². The van der Waals surface area contributed by atoms with E-state index in [0.717, 1.165) is 39.1 Å². The van der Waals surface area contributed by atoms with Gasteiger partial charge in [0.05, 0.1) is 21.3 Å². The summed E-state index contributed by atoms with van der Waals surface area (Å²) in [4.78, 5) is 10.8. The number of fused-ring (bicyclic) bond motifs is 3. The second kappa shape index (κ2) is 6.79. The number of hydrogen-bond donors (Lipinski definition) is 0. The molecule has 0 amide bonds. The standard InChI is InChI=1S/C20H20O4/c1-22-15-7-6-14-9-13(5-4-8-21)17-11-19(23-2)20(24-3)12-18(17)16(14)10-15/h6-12H,4-5H2,1-3H3. The molecule has 0 N–H and O–H groups in total. The lowest BCUT2D eigenvalue weighted by Gasteiger charge is -2.15. The molecule has 0 atom stereocenters. The fourth-order valence-corrected chi connectivity index (χ4v) is 3.08. The zero-order valence-corrected chi connectivity index (χ0v) is 14.1. The molecule has 24 heavy (non-hydrogen) atoms. The molecule has 0 saturated heterocycles. The van der Waals surface area contributed by atoms with Crippen LogP contribution >= 0.6 is 0 Å². The lowest BCUT2D eigenvalue weighted by atomic mass is 9.94. The first-order chi connectivity index (χ1) is 11.7. The second-order valence-electron chi connectivity index (χ2n) is 5.58. The van der Waals surface area contributed by atoms with Crippen molar-refractivity contribution in [1.29, 1.82) is 0 Å². The summed E-state index contributed by atoms with van der Waals surface area (Å²) in [5, 5.41) is 4.32. The van der Waals surface area contributed by atoms with Crippen LogP contribution in [0.3, 0.4) is 0 Å². The zero-order chi connectivity index (χ0) is 17.1. The normalized spacial score (nSPS) is 10.8. The van der Waals surface area contributed by atoms with Gasteiger partial charge in [-0.1, -0.05) is 12.1 Å². The molecule has 0 spiro atoms. The zero-order valence-electron chi connectivity index (χ0n) is 14.1. The molecule has 0 aliphatic heterocycles. The van der Waals surface area contributed by atoms with Gasteiger partial charge in [0.15, 0.2) is 11.5 Å². The molecule has 0 bridgehead atoms. The van der Waals surface area contributed by atoms with E-state index in [1.165, 1.54) is 0 Å². The molecular formula is C20H20O4. The third-order valence-electron chi connectivity index (χ3n) is 4.28. The number of carbonyl (C=O) groups is 1. The molecule has 0 aliphatic rings. The van der Waals surface area contributed by atoms with E-state index in [1.807, 2.05) is 30.3 Å². The molecule has 0 unspecified atom stereocenters. The van der Waals surface area contributed by atoms with Crippen LogP contribution in [0, 0.1) is 0 Å². The number of ether oxygens (including phenoxy) is 3. The van der Waals surface area contributed by atoms with Gasteiger partial charge in [0.2, 0.25) is 0 Å². The van der Waals surface area contributed by atoms with Crippen molar-refractivity contribution in [2.45, 2.75) is 12.8 Å². The lowest BCUT2D eigenvalue weighted by Crippen LogP contribution is -1.95. The quantitative estimate of drug-likeness (QED) is 0.505. The molecule has 0 fully saturated rings. The summed E-state index contributed by atoms with van der Waals surface area (Å²) in [5.74, 6) is 2.17. The fraction of sp³-hybridized carbons (Fsp3) is 0.250. The van der Waals surface area contributed by atoms with Crippen molar-refractivity contribution in [3.63, 3.8) is 0 Å². The van der Waals surface area contributed by atoms with Gasteiger partial charge in [-0.05, 0) is 57.8 Å². The average Bonchev–Trinajstić information content (AvgIpc) is 2.64. The molecule has 0 heterocycles. The number of benzene rings is 3. The van der Waals surface area contributed by atoms with Crippen LogP contribution in [0.15, 0.2) is 36.4 Å². The number of carbonyl (C=O) groups excluding carboxylic acids is 1. The summed E-state index contributed by atoms with van der Waals surface area (Å²) in [7, 11) is 4.91. The molecule has 3 aromatic rings. The minimum absolute atomic E-state index is 0.491. The monoisotopic (exact) mass is 324 g/mol. The summed E-state index contributed by atoms with van der Waals surface area (Å²) < 4.78 is 16.3. The summed E-state index contributed by atoms with van der Waals surface area (Å²) >= 11 is 0. The van der Waals surface area contributed by atoms with E-state index in [2.05, 4.69) is 6.07 Å². The number of rotatable bonds is 6. The van der Waals surface area contributed by atoms with Crippen molar-refractivity contribution in [3.8, 4) is 17.2 Å². The van der Waals surface area contributed by atoms with E-state index in [4.69, 9.17) is 14.2 Å². The van der Waals surface area contributed by atoms with Gasteiger partial charge in [0, 0.05) is 6.42 Å². The van der Waals surface area contributed by atoms with Crippen LogP contribution in [0.4, 0.5) is 0 Å². The number of aldehydes is 1. The molecule has 4 heteroatoms. The molecule has 124 valence electrons. The Morgan fingerprint density at radius 3 is 2.17 bits per heavy atom. The summed E-state index contributed by atoms with van der Waals surface area (Å²) in [5.41, 5.74) is 1.12. The summed E-state index contributed by atoms with van der Waals surface area (Å²) in [6, 6.07) is 12.1. The Kier molecular flexibility index (Phi) is 4.56. The van der Waals surface area contributed by atoms with Crippen LogP contribution in [-0.4, -0.2) is 27.6 Å². The predicted octanol–water partition coefficient (Wildman–Crippen LogP) is 4.15. The number of aryl methyl sites for hydroxylation is 1. The third kappa shape index (κ3) is 2.75. The highest BCUT2D eigenvalue weighted by Crippen LogP contribution is 2.38. The Labute approximate surface area is 140 Å². The van der Waals surface area contributed by atoms with Gasteiger partial charge < -0.3 is 19.0 Å². The van der Waals surface area contributed by atoms with Crippen LogP contribution in [0.5, 0.6) is 17.2 Å². The minimum atomic E-state index is 0.491. The highest BCUT2D eigenvalue weighted by atomic mass is 16.5. The molecule has 0 aromatic heterocycles. The van der Waals surface area contributed by atoms with Crippen LogP contribution in [0.1, 0.15) is 12.0 Å². The van der Waals surface area contributed by atoms with Crippen LogP contribution in [0.2, 0.25) is 0 Å². The maximum Gasteiger partial charge on any atom is 0.161 e. The second-order valence-corrected chi connectivity index (χ2v) is 5.58. The average molecular weight is 324 g/mol. The number of hydrogen-bond acceptors (Lipinski definition) is 4. The van der Waals surface area contributed by atoms with Crippen molar-refractivity contribution in [2.75, 3.05) is 21.3 Å². The largest absolute Gasteiger partial charge is 0.497 e. The Hall–Kier alpha value is -2.75. The third-order valence-corrected chi connectivity index (χ3v) is 4.28. The van der Waals surface area contributed by atoms with E-state index in [-0.39, 0.29) is 0 Å². The molecule has 3 rings (SSSR count). The molecular weight excluding hydrogens is 304 g/mol. The highest BCUT2D eigenvalue weighted by molar-refractivity contribution is 6.10. The minimum Gasteiger partial charge on any atom is -0.497 e. The maximum atomic E-state index is 10.8. The van der Waals surface area contributed by atoms with Crippen LogP contribution < -0.4 is 14.2 Å². The van der Waals surface area contributed by atoms with Crippen LogP contribution in [0.25, 0.3) is 21.5 Å². The SMILES string of the molecule is COc1ccc2cc(CCC=O)c3cc(OC)c(OC)cc3c2c1. The first kappa shape index (κ1) is 16.1. The Bertz CT molecular complexity index is 899. The first-order valence-corrected chi connectivity index (χ1v) is 7.80.